The second kappa shape index (κ2) is 3.92. The molecule has 0 spiro atoms. The van der Waals surface area contributed by atoms with Crippen LogP contribution in [0.15, 0.2) is 24.3 Å². The van der Waals surface area contributed by atoms with E-state index in [1.807, 2.05) is 0 Å². The average molecular weight is 224 g/mol. The summed E-state index contributed by atoms with van der Waals surface area (Å²) in [6.45, 7) is 0. The van der Waals surface area contributed by atoms with Crippen molar-refractivity contribution < 1.29 is 23.8 Å². The molecule has 84 valence electrons. The number of hydrogen-bond donors (Lipinski definition) is 1. The number of carboxylic acids is 1. The summed E-state index contributed by atoms with van der Waals surface area (Å²) in [5.74, 6) is -3.34. The van der Waals surface area contributed by atoms with E-state index in [-0.39, 0.29) is 12.0 Å². The molecule has 0 unspecified atom stereocenters. The third-order valence-corrected chi connectivity index (χ3v) is 2.54. The van der Waals surface area contributed by atoms with Crippen molar-refractivity contribution in [3.8, 4) is 0 Å². The van der Waals surface area contributed by atoms with E-state index in [0.29, 0.717) is 0 Å². The van der Waals surface area contributed by atoms with Crippen LogP contribution >= 0.6 is 0 Å². The summed E-state index contributed by atoms with van der Waals surface area (Å²) in [7, 11) is 0. The number of rotatable bonds is 2. The summed E-state index contributed by atoms with van der Waals surface area (Å²) < 4.78 is 18.3. The van der Waals surface area contributed by atoms with Gasteiger partial charge in [-0.1, -0.05) is 18.2 Å². The molecule has 0 amide bonds. The highest BCUT2D eigenvalue weighted by atomic mass is 19.1. The van der Waals surface area contributed by atoms with Crippen LogP contribution in [0.2, 0.25) is 0 Å². The maximum absolute atomic E-state index is 13.4. The van der Waals surface area contributed by atoms with Gasteiger partial charge in [0.2, 0.25) is 0 Å². The van der Waals surface area contributed by atoms with Gasteiger partial charge in [0.1, 0.15) is 17.8 Å². The van der Waals surface area contributed by atoms with Crippen LogP contribution < -0.4 is 0 Å². The van der Waals surface area contributed by atoms with E-state index in [9.17, 15) is 14.0 Å². The minimum atomic E-state index is -1.15. The molecule has 0 saturated carbocycles. The van der Waals surface area contributed by atoms with Crippen molar-refractivity contribution in [3.63, 3.8) is 0 Å². The van der Waals surface area contributed by atoms with Crippen LogP contribution in [-0.4, -0.2) is 17.0 Å². The molecule has 0 radical (unpaired) electrons. The third-order valence-electron chi connectivity index (χ3n) is 2.54. The molecule has 1 aromatic carbocycles. The Kier molecular flexibility index (Phi) is 2.60. The summed E-state index contributed by atoms with van der Waals surface area (Å²) in [6, 6.07) is 5.70. The van der Waals surface area contributed by atoms with Gasteiger partial charge in [-0.15, -0.1) is 0 Å². The third kappa shape index (κ3) is 1.76. The first-order valence-corrected chi connectivity index (χ1v) is 4.76. The van der Waals surface area contributed by atoms with Crippen LogP contribution in [0, 0.1) is 11.7 Å². The fraction of sp³-hybridized carbons (Fsp3) is 0.273. The fourth-order valence-electron chi connectivity index (χ4n) is 1.76. The highest BCUT2D eigenvalue weighted by Crippen LogP contribution is 2.36. The molecule has 0 bridgehead atoms. The molecule has 16 heavy (non-hydrogen) atoms. The largest absolute Gasteiger partial charge is 0.481 e. The number of carbonyl (C=O) groups is 2. The molecule has 0 aliphatic carbocycles. The van der Waals surface area contributed by atoms with E-state index < -0.39 is 29.8 Å². The second-order valence-electron chi connectivity index (χ2n) is 3.58. The van der Waals surface area contributed by atoms with Gasteiger partial charge in [0.05, 0.1) is 6.42 Å². The molecule has 4 nitrogen and oxygen atoms in total. The van der Waals surface area contributed by atoms with E-state index in [4.69, 9.17) is 9.84 Å². The van der Waals surface area contributed by atoms with Crippen LogP contribution in [0.25, 0.3) is 0 Å². The lowest BCUT2D eigenvalue weighted by Gasteiger charge is -2.14. The Morgan fingerprint density at radius 1 is 1.44 bits per heavy atom. The van der Waals surface area contributed by atoms with Gasteiger partial charge >= 0.3 is 11.9 Å². The first-order valence-electron chi connectivity index (χ1n) is 4.76. The molecule has 2 rings (SSSR count). The first-order chi connectivity index (χ1) is 7.59. The Bertz CT molecular complexity index is 443. The van der Waals surface area contributed by atoms with Crippen molar-refractivity contribution in [3.05, 3.63) is 35.6 Å². The molecule has 1 heterocycles. The van der Waals surface area contributed by atoms with Crippen molar-refractivity contribution in [2.45, 2.75) is 12.5 Å². The summed E-state index contributed by atoms with van der Waals surface area (Å²) in [5, 5.41) is 8.90. The number of cyclic esters (lactones) is 1. The summed E-state index contributed by atoms with van der Waals surface area (Å²) in [5.41, 5.74) is 0.112. The van der Waals surface area contributed by atoms with Gasteiger partial charge in [-0.25, -0.2) is 4.39 Å². The zero-order chi connectivity index (χ0) is 11.7. The van der Waals surface area contributed by atoms with Gasteiger partial charge in [-0.2, -0.15) is 0 Å². The SMILES string of the molecule is O=C1C[C@@H](C(=O)O)[C@H](c2ccccc2F)O1. The smallest absolute Gasteiger partial charge is 0.311 e. The standard InChI is InChI=1S/C11H9FO4/c12-8-4-2-1-3-6(8)10-7(11(14)15)5-9(13)16-10/h1-4,7,10H,5H2,(H,14,15)/t7-,10+/m1/s1. The molecule has 5 heteroatoms. The van der Waals surface area contributed by atoms with Gasteiger partial charge in [-0.3, -0.25) is 9.59 Å². The Balaban J connectivity index is 2.36. The summed E-state index contributed by atoms with van der Waals surface area (Å²) >= 11 is 0. The minimum absolute atomic E-state index is 0.112. The van der Waals surface area contributed by atoms with Crippen molar-refractivity contribution in [2.24, 2.45) is 5.92 Å². The van der Waals surface area contributed by atoms with Crippen molar-refractivity contribution in [1.82, 2.24) is 0 Å². The highest BCUT2D eigenvalue weighted by Gasteiger charge is 2.41. The number of hydrogen-bond acceptors (Lipinski definition) is 3. The Hall–Kier alpha value is -1.91. The second-order valence-corrected chi connectivity index (χ2v) is 3.58. The number of carboxylic acid groups (broad SMARTS) is 1. The average Bonchev–Trinajstić information content (AvgIpc) is 2.61. The van der Waals surface area contributed by atoms with E-state index in [1.165, 1.54) is 18.2 Å². The fourth-order valence-corrected chi connectivity index (χ4v) is 1.76. The quantitative estimate of drug-likeness (QED) is 0.773. The van der Waals surface area contributed by atoms with Crippen LogP contribution in [0.5, 0.6) is 0 Å². The maximum atomic E-state index is 13.4. The molecule has 1 saturated heterocycles. The summed E-state index contributed by atoms with van der Waals surface area (Å²) in [4.78, 5) is 21.9. The summed E-state index contributed by atoms with van der Waals surface area (Å²) in [6.07, 6.45) is -1.24. The molecule has 1 N–H and O–H groups in total. The minimum Gasteiger partial charge on any atom is -0.481 e. The Labute approximate surface area is 90.6 Å². The van der Waals surface area contributed by atoms with Crippen molar-refractivity contribution in [1.29, 1.82) is 0 Å². The Morgan fingerprint density at radius 3 is 2.75 bits per heavy atom. The zero-order valence-corrected chi connectivity index (χ0v) is 8.22. The van der Waals surface area contributed by atoms with Gasteiger partial charge in [0.15, 0.2) is 0 Å². The van der Waals surface area contributed by atoms with Gasteiger partial charge < -0.3 is 9.84 Å². The van der Waals surface area contributed by atoms with Crippen LogP contribution in [-0.2, 0) is 14.3 Å². The van der Waals surface area contributed by atoms with Gasteiger partial charge in [-0.05, 0) is 6.07 Å². The maximum Gasteiger partial charge on any atom is 0.311 e. The van der Waals surface area contributed by atoms with Crippen molar-refractivity contribution >= 4 is 11.9 Å². The van der Waals surface area contributed by atoms with E-state index in [1.54, 1.807) is 6.07 Å². The number of esters is 1. The van der Waals surface area contributed by atoms with Crippen LogP contribution in [0.3, 0.4) is 0 Å². The predicted molar refractivity (Wildman–Crippen MR) is 51.0 cm³/mol. The van der Waals surface area contributed by atoms with E-state index in [2.05, 4.69) is 0 Å². The zero-order valence-electron chi connectivity index (χ0n) is 8.22. The van der Waals surface area contributed by atoms with Crippen LogP contribution in [0.1, 0.15) is 18.1 Å². The Morgan fingerprint density at radius 2 is 2.12 bits per heavy atom. The lowest BCUT2D eigenvalue weighted by atomic mass is 9.95. The van der Waals surface area contributed by atoms with Crippen LogP contribution in [0.4, 0.5) is 4.39 Å². The number of ether oxygens (including phenoxy) is 1. The topological polar surface area (TPSA) is 63.6 Å². The number of halogens is 1. The lowest BCUT2D eigenvalue weighted by Crippen LogP contribution is -2.18. The normalized spacial score (nSPS) is 24.2. The number of aliphatic carboxylic acids is 1. The number of benzene rings is 1. The van der Waals surface area contributed by atoms with Gasteiger partial charge in [0.25, 0.3) is 0 Å². The van der Waals surface area contributed by atoms with E-state index in [0.717, 1.165) is 0 Å². The molecule has 1 aliphatic rings. The van der Waals surface area contributed by atoms with Gasteiger partial charge in [0, 0.05) is 5.56 Å². The first kappa shape index (κ1) is 10.6. The molecule has 1 fully saturated rings. The molecule has 2 atom stereocenters. The molecule has 1 aliphatic heterocycles. The van der Waals surface area contributed by atoms with Crippen molar-refractivity contribution in [2.75, 3.05) is 0 Å². The van der Waals surface area contributed by atoms with E-state index >= 15 is 0 Å². The highest BCUT2D eigenvalue weighted by molar-refractivity contribution is 5.82. The molecular formula is C11H9FO4. The molecule has 0 aromatic heterocycles. The lowest BCUT2D eigenvalue weighted by molar-refractivity contribution is -0.144. The monoisotopic (exact) mass is 224 g/mol. The number of carbonyl (C=O) groups excluding carboxylic acids is 1. The molecule has 1 aromatic rings. The predicted octanol–water partition coefficient (Wildman–Crippen LogP) is 1.51. The molecular weight excluding hydrogens is 215 g/mol.